The van der Waals surface area contributed by atoms with Crippen LogP contribution in [0.1, 0.15) is 104 Å². The van der Waals surface area contributed by atoms with Gasteiger partial charge in [0.2, 0.25) is 12.5 Å². The molecule has 2 aliphatic heterocycles. The van der Waals surface area contributed by atoms with Gasteiger partial charge in [0, 0.05) is 18.2 Å². The number of amides is 1. The van der Waals surface area contributed by atoms with Crippen molar-refractivity contribution in [2.75, 3.05) is 6.54 Å². The van der Waals surface area contributed by atoms with E-state index in [-0.39, 0.29) is 41.8 Å². The number of thiazole rings is 1. The molecule has 2 aliphatic rings. The number of hydrogen-bond acceptors (Lipinski definition) is 9. The Morgan fingerprint density at radius 2 is 2.00 bits per heavy atom. The van der Waals surface area contributed by atoms with Crippen LogP contribution >= 0.6 is 11.3 Å². The number of Topliss-reactive ketones (excluding diaryl/α,β-unsaturated/α-hetero) is 1. The maximum absolute atomic E-state index is 13.8. The number of rotatable bonds is 8. The molecule has 2 fully saturated rings. The predicted molar refractivity (Wildman–Crippen MR) is 169 cm³/mol. The van der Waals surface area contributed by atoms with Gasteiger partial charge in [-0.05, 0) is 84.4 Å². The topological polar surface area (TPSA) is 144 Å². The normalized spacial score (nSPS) is 32.3. The minimum absolute atomic E-state index is 0.0365. The number of aliphatic hydroxyl groups is 1. The van der Waals surface area contributed by atoms with Crippen LogP contribution in [-0.2, 0) is 23.9 Å². The first-order valence-electron chi connectivity index (χ1n) is 15.7. The molecule has 0 aromatic carbocycles. The molecule has 0 saturated carbocycles. The summed E-state index contributed by atoms with van der Waals surface area (Å²) in [5.41, 5.74) is 5.74. The minimum Gasteiger partial charge on any atom is -0.461 e. The summed E-state index contributed by atoms with van der Waals surface area (Å²) in [6.07, 6.45) is 6.77. The fraction of sp³-hybridized carbons (Fsp3) is 0.727. The highest BCUT2D eigenvalue weighted by molar-refractivity contribution is 7.09. The van der Waals surface area contributed by atoms with Gasteiger partial charge in [-0.2, -0.15) is 0 Å². The molecule has 0 unspecified atom stereocenters. The van der Waals surface area contributed by atoms with Gasteiger partial charge in [-0.3, -0.25) is 9.59 Å². The highest BCUT2D eigenvalue weighted by Crippen LogP contribution is 2.44. The smallest absolute Gasteiger partial charge is 0.405 e. The van der Waals surface area contributed by atoms with Crippen molar-refractivity contribution in [3.05, 3.63) is 28.1 Å². The number of fused-ring (bicyclic) bond motifs is 1. The summed E-state index contributed by atoms with van der Waals surface area (Å²) in [6, 6.07) is -0.331. The summed E-state index contributed by atoms with van der Waals surface area (Å²) in [4.78, 5) is 44.4. The lowest BCUT2D eigenvalue weighted by atomic mass is 9.72. The number of aliphatic hydroxyl groups excluding tert-OH is 1. The van der Waals surface area contributed by atoms with Crippen molar-refractivity contribution in [2.45, 2.75) is 130 Å². The third-order valence-corrected chi connectivity index (χ3v) is 9.99. The number of epoxide rings is 1. The zero-order valence-corrected chi connectivity index (χ0v) is 27.8. The molecule has 10 heteroatoms. The Kier molecular flexibility index (Phi) is 12.4. The number of unbranched alkanes of at least 4 members (excludes halogenated alkanes) is 2. The molecule has 240 valence electrons. The molecule has 43 heavy (non-hydrogen) atoms. The van der Waals surface area contributed by atoms with E-state index in [4.69, 9.17) is 15.2 Å². The molecule has 1 aromatic rings. The molecule has 1 amide bonds. The molecule has 3 rings (SSSR count). The number of nitrogens with one attached hydrogen (secondary N) is 1. The van der Waals surface area contributed by atoms with Gasteiger partial charge in [0.15, 0.2) is 5.78 Å². The third kappa shape index (κ3) is 9.61. The summed E-state index contributed by atoms with van der Waals surface area (Å²) in [7, 11) is 0. The summed E-state index contributed by atoms with van der Waals surface area (Å²) >= 11 is 1.57. The Labute approximate surface area is 261 Å². The van der Waals surface area contributed by atoms with Gasteiger partial charge in [0.1, 0.15) is 6.10 Å². The van der Waals surface area contributed by atoms with Gasteiger partial charge in [-0.25, -0.2) is 9.78 Å². The zero-order chi connectivity index (χ0) is 31.9. The van der Waals surface area contributed by atoms with Crippen LogP contribution in [0.5, 0.6) is 0 Å². The lowest BCUT2D eigenvalue weighted by Crippen LogP contribution is -2.48. The van der Waals surface area contributed by atoms with Gasteiger partial charge in [0.05, 0.1) is 39.8 Å². The van der Waals surface area contributed by atoms with Crippen LogP contribution in [0.15, 0.2) is 11.0 Å². The van der Waals surface area contributed by atoms with E-state index in [1.165, 1.54) is 6.42 Å². The molecule has 3 heterocycles. The van der Waals surface area contributed by atoms with Gasteiger partial charge < -0.3 is 25.6 Å². The molecular weight excluding hydrogens is 566 g/mol. The number of ketones is 1. The number of aromatic nitrogens is 1. The SMILES string of the molecule is C/C(=C\c1csc(C)n1)[C@@H]1C[C@@H]2O[C@]2(C)CCC[C@H](C)[C@H](OC(=O)CCCCCN)[C@@H](C)C(=O)C(C)(C)[C@@H](O)[CH+]C(=O)N1. The molecule has 4 N–H and O–H groups in total. The largest absolute Gasteiger partial charge is 0.461 e. The zero-order valence-electron chi connectivity index (χ0n) is 27.0. The van der Waals surface area contributed by atoms with E-state index in [1.54, 1.807) is 32.1 Å². The van der Waals surface area contributed by atoms with Crippen LogP contribution in [0.4, 0.5) is 0 Å². The van der Waals surface area contributed by atoms with E-state index in [0.717, 1.165) is 48.4 Å². The Bertz CT molecular complexity index is 1150. The molecule has 0 aliphatic carbocycles. The van der Waals surface area contributed by atoms with Gasteiger partial charge in [0.25, 0.3) is 0 Å². The van der Waals surface area contributed by atoms with Crippen LogP contribution in [0.2, 0.25) is 0 Å². The predicted octanol–water partition coefficient (Wildman–Crippen LogP) is 4.93. The Morgan fingerprint density at radius 3 is 2.65 bits per heavy atom. The molecule has 1 aromatic heterocycles. The quantitative estimate of drug-likeness (QED) is 0.161. The maximum atomic E-state index is 13.8. The highest BCUT2D eigenvalue weighted by Gasteiger charge is 2.53. The average Bonchev–Trinajstić information content (AvgIpc) is 3.38. The third-order valence-electron chi connectivity index (χ3n) is 9.20. The highest BCUT2D eigenvalue weighted by atomic mass is 32.1. The van der Waals surface area contributed by atoms with Crippen LogP contribution in [0.25, 0.3) is 6.08 Å². The van der Waals surface area contributed by atoms with Crippen molar-refractivity contribution in [1.82, 2.24) is 10.3 Å². The fourth-order valence-corrected chi connectivity index (χ4v) is 6.64. The second-order valence-electron chi connectivity index (χ2n) is 13.3. The Hall–Kier alpha value is -2.27. The fourth-order valence-electron chi connectivity index (χ4n) is 6.07. The number of nitrogens with two attached hydrogens (primary N) is 1. The number of nitrogens with zero attached hydrogens (tertiary/aromatic N) is 1. The molecule has 7 atom stereocenters. The van der Waals surface area contributed by atoms with Gasteiger partial charge in [-0.1, -0.05) is 26.7 Å². The van der Waals surface area contributed by atoms with Crippen LogP contribution in [-0.4, -0.2) is 64.2 Å². The standard InChI is InChI=1S/C33H51N3O6S/c1-20-12-11-14-33(7)27(42-33)17-25(21(2)16-24-19-43-23(4)35-24)36-28(38)18-26(37)32(5,6)31(40)22(3)30(20)41-29(39)13-9-8-10-15-34/h16,18-20,22,25-27,30,37H,8-15,17,34H2,1-7H3/p+1/b21-16+/t20-,22+,25-,26-,27-,30-,33+/m0/s1. The maximum Gasteiger partial charge on any atom is 0.405 e. The molecular formula is C33H52N3O6S+. The lowest BCUT2D eigenvalue weighted by Gasteiger charge is -2.34. The summed E-state index contributed by atoms with van der Waals surface area (Å²) in [6.45, 7) is 13.6. The number of hydrogen-bond donors (Lipinski definition) is 3. The number of esters is 1. The van der Waals surface area contributed by atoms with Crippen molar-refractivity contribution in [3.63, 3.8) is 0 Å². The van der Waals surface area contributed by atoms with E-state index in [0.29, 0.717) is 19.4 Å². The molecule has 2 saturated heterocycles. The Morgan fingerprint density at radius 1 is 1.28 bits per heavy atom. The van der Waals surface area contributed by atoms with E-state index < -0.39 is 29.4 Å². The van der Waals surface area contributed by atoms with E-state index >= 15 is 0 Å². The number of ether oxygens (including phenoxy) is 2. The van der Waals surface area contributed by atoms with Gasteiger partial charge in [-0.15, -0.1) is 11.3 Å². The van der Waals surface area contributed by atoms with Crippen molar-refractivity contribution in [3.8, 4) is 0 Å². The molecule has 0 spiro atoms. The first-order chi connectivity index (χ1) is 20.2. The van der Waals surface area contributed by atoms with Crippen molar-refractivity contribution >= 4 is 35.1 Å². The number of aryl methyl sites for hydroxylation is 1. The van der Waals surface area contributed by atoms with Gasteiger partial charge >= 0.3 is 11.9 Å². The molecule has 0 bridgehead atoms. The van der Waals surface area contributed by atoms with Crippen molar-refractivity contribution in [1.29, 1.82) is 0 Å². The summed E-state index contributed by atoms with van der Waals surface area (Å²) < 4.78 is 12.2. The van der Waals surface area contributed by atoms with Crippen LogP contribution in [0.3, 0.4) is 0 Å². The number of carbonyl (C=O) groups is 3. The minimum atomic E-state index is -1.34. The first-order valence-corrected chi connectivity index (χ1v) is 16.6. The summed E-state index contributed by atoms with van der Waals surface area (Å²) in [5.74, 6) is -1.80. The van der Waals surface area contributed by atoms with E-state index in [1.807, 2.05) is 32.2 Å². The average molecular weight is 619 g/mol. The van der Waals surface area contributed by atoms with Crippen molar-refractivity contribution in [2.24, 2.45) is 23.0 Å². The van der Waals surface area contributed by atoms with Crippen LogP contribution in [0, 0.1) is 30.6 Å². The molecule has 0 radical (unpaired) electrons. The lowest BCUT2D eigenvalue weighted by molar-refractivity contribution is -0.159. The summed E-state index contributed by atoms with van der Waals surface area (Å²) in [5, 5.41) is 17.2. The monoisotopic (exact) mass is 618 g/mol. The van der Waals surface area contributed by atoms with Crippen LogP contribution < -0.4 is 11.1 Å². The van der Waals surface area contributed by atoms with Crippen molar-refractivity contribution < 1.29 is 29.0 Å². The number of carbonyl (C=O) groups excluding carboxylic acids is 3. The van der Waals surface area contributed by atoms with E-state index in [2.05, 4.69) is 17.2 Å². The first kappa shape index (κ1) is 35.2. The second-order valence-corrected chi connectivity index (χ2v) is 14.4. The second kappa shape index (κ2) is 15.1. The molecule has 9 nitrogen and oxygen atoms in total. The van der Waals surface area contributed by atoms with E-state index in [9.17, 15) is 19.5 Å². The Balaban J connectivity index is 1.82.